The quantitative estimate of drug-likeness (QED) is 0.802. The Balaban J connectivity index is 1.85. The number of carbonyl (C=O) groups excluding carboxylic acids is 1. The van der Waals surface area contributed by atoms with E-state index in [4.69, 9.17) is 0 Å². The van der Waals surface area contributed by atoms with Gasteiger partial charge in [-0.3, -0.25) is 4.79 Å². The van der Waals surface area contributed by atoms with Crippen molar-refractivity contribution in [2.75, 3.05) is 0 Å². The minimum Gasteiger partial charge on any atom is -0.343 e. The molecule has 3 rings (SSSR count). The number of hydrogen-bond acceptors (Lipinski definition) is 2. The minimum atomic E-state index is 0.151. The summed E-state index contributed by atoms with van der Waals surface area (Å²) in [7, 11) is 0. The monoisotopic (exact) mass is 229 g/mol. The molecule has 1 unspecified atom stereocenters. The first kappa shape index (κ1) is 9.73. The van der Waals surface area contributed by atoms with Gasteiger partial charge in [-0.1, -0.05) is 30.3 Å². The van der Waals surface area contributed by atoms with Crippen LogP contribution in [0.4, 0.5) is 0 Å². The van der Waals surface area contributed by atoms with E-state index in [0.717, 1.165) is 0 Å². The van der Waals surface area contributed by atoms with Crippen molar-refractivity contribution in [3.63, 3.8) is 0 Å². The molecule has 1 amide bonds. The Morgan fingerprint density at radius 1 is 1.12 bits per heavy atom. The number of benzene rings is 2. The largest absolute Gasteiger partial charge is 0.343 e. The summed E-state index contributed by atoms with van der Waals surface area (Å²) in [6, 6.07) is 14.7. The van der Waals surface area contributed by atoms with Crippen molar-refractivity contribution in [2.24, 2.45) is 0 Å². The van der Waals surface area contributed by atoms with Gasteiger partial charge in [0, 0.05) is 4.90 Å². The van der Waals surface area contributed by atoms with E-state index >= 15 is 0 Å². The highest BCUT2D eigenvalue weighted by Gasteiger charge is 2.25. The SMILES string of the molecule is O=C1CC(Sc2ccc3ccccc3c2)N1. The van der Waals surface area contributed by atoms with Crippen LogP contribution in [0.2, 0.25) is 0 Å². The van der Waals surface area contributed by atoms with Gasteiger partial charge in [-0.15, -0.1) is 11.8 Å². The molecule has 80 valence electrons. The van der Waals surface area contributed by atoms with Gasteiger partial charge in [-0.05, 0) is 22.9 Å². The topological polar surface area (TPSA) is 29.1 Å². The number of nitrogens with one attached hydrogen (secondary N) is 1. The highest BCUT2D eigenvalue weighted by molar-refractivity contribution is 8.00. The highest BCUT2D eigenvalue weighted by atomic mass is 32.2. The lowest BCUT2D eigenvalue weighted by atomic mass is 10.1. The van der Waals surface area contributed by atoms with E-state index in [1.807, 2.05) is 12.1 Å². The third kappa shape index (κ3) is 1.78. The average molecular weight is 229 g/mol. The van der Waals surface area contributed by atoms with E-state index in [2.05, 4.69) is 35.6 Å². The van der Waals surface area contributed by atoms with Crippen molar-refractivity contribution in [1.82, 2.24) is 5.32 Å². The Kier molecular flexibility index (Phi) is 2.33. The number of carbonyl (C=O) groups is 1. The van der Waals surface area contributed by atoms with Gasteiger partial charge in [0.1, 0.15) is 0 Å². The molecular weight excluding hydrogens is 218 g/mol. The van der Waals surface area contributed by atoms with Crippen LogP contribution in [0.1, 0.15) is 6.42 Å². The maximum Gasteiger partial charge on any atom is 0.223 e. The molecule has 2 aromatic rings. The molecule has 16 heavy (non-hydrogen) atoms. The molecule has 0 aliphatic carbocycles. The fourth-order valence-electron chi connectivity index (χ4n) is 1.80. The summed E-state index contributed by atoms with van der Waals surface area (Å²) < 4.78 is 0. The number of β-lactam (4-membered cyclic amide) rings is 1. The number of rotatable bonds is 2. The molecule has 1 N–H and O–H groups in total. The van der Waals surface area contributed by atoms with E-state index in [1.165, 1.54) is 15.7 Å². The second-order valence-corrected chi connectivity index (χ2v) is 5.16. The maximum absolute atomic E-state index is 10.8. The lowest BCUT2D eigenvalue weighted by molar-refractivity contribution is -0.126. The molecular formula is C13H11NOS. The molecule has 0 bridgehead atoms. The Hall–Kier alpha value is -1.48. The second-order valence-electron chi connectivity index (χ2n) is 3.89. The van der Waals surface area contributed by atoms with Gasteiger partial charge in [0.2, 0.25) is 5.91 Å². The van der Waals surface area contributed by atoms with E-state index in [9.17, 15) is 4.79 Å². The van der Waals surface area contributed by atoms with Crippen molar-refractivity contribution < 1.29 is 4.79 Å². The standard InChI is InChI=1S/C13H11NOS/c15-12-8-13(14-12)16-11-6-5-9-3-1-2-4-10(9)7-11/h1-7,13H,8H2,(H,14,15). The van der Waals surface area contributed by atoms with Crippen LogP contribution in [-0.4, -0.2) is 11.3 Å². The normalized spacial score (nSPS) is 19.2. The zero-order chi connectivity index (χ0) is 11.0. The number of fused-ring (bicyclic) bond motifs is 1. The molecule has 0 aromatic heterocycles. The summed E-state index contributed by atoms with van der Waals surface area (Å²) in [5, 5.41) is 5.62. The predicted molar refractivity (Wildman–Crippen MR) is 66.4 cm³/mol. The summed E-state index contributed by atoms with van der Waals surface area (Å²) in [6.45, 7) is 0. The van der Waals surface area contributed by atoms with Gasteiger partial charge in [0.25, 0.3) is 0 Å². The molecule has 2 nitrogen and oxygen atoms in total. The molecule has 0 saturated carbocycles. The van der Waals surface area contributed by atoms with E-state index in [0.29, 0.717) is 6.42 Å². The van der Waals surface area contributed by atoms with Gasteiger partial charge < -0.3 is 5.32 Å². The summed E-state index contributed by atoms with van der Waals surface area (Å²) in [4.78, 5) is 12.0. The Bertz CT molecular complexity index is 544. The third-order valence-electron chi connectivity index (χ3n) is 2.69. The zero-order valence-electron chi connectivity index (χ0n) is 8.64. The number of thioether (sulfide) groups is 1. The molecule has 1 atom stereocenters. The zero-order valence-corrected chi connectivity index (χ0v) is 9.46. The maximum atomic E-state index is 10.8. The Morgan fingerprint density at radius 2 is 1.88 bits per heavy atom. The molecule has 1 aliphatic rings. The van der Waals surface area contributed by atoms with Gasteiger partial charge in [-0.25, -0.2) is 0 Å². The fraction of sp³-hybridized carbons (Fsp3) is 0.154. The van der Waals surface area contributed by atoms with Crippen LogP contribution in [-0.2, 0) is 4.79 Å². The first-order valence-electron chi connectivity index (χ1n) is 5.26. The predicted octanol–water partition coefficient (Wildman–Crippen LogP) is 2.78. The van der Waals surface area contributed by atoms with Crippen molar-refractivity contribution in [3.8, 4) is 0 Å². The Morgan fingerprint density at radius 3 is 2.62 bits per heavy atom. The molecule has 1 saturated heterocycles. The van der Waals surface area contributed by atoms with Crippen LogP contribution in [0.15, 0.2) is 47.4 Å². The highest BCUT2D eigenvalue weighted by Crippen LogP contribution is 2.30. The van der Waals surface area contributed by atoms with Crippen molar-refractivity contribution in [1.29, 1.82) is 0 Å². The molecule has 1 aliphatic heterocycles. The molecule has 0 spiro atoms. The van der Waals surface area contributed by atoms with Crippen molar-refractivity contribution >= 4 is 28.4 Å². The molecule has 0 radical (unpaired) electrons. The van der Waals surface area contributed by atoms with Crippen molar-refractivity contribution in [2.45, 2.75) is 16.7 Å². The van der Waals surface area contributed by atoms with Crippen LogP contribution in [0.5, 0.6) is 0 Å². The average Bonchev–Trinajstić information content (AvgIpc) is 2.27. The van der Waals surface area contributed by atoms with E-state index in [-0.39, 0.29) is 11.3 Å². The summed E-state index contributed by atoms with van der Waals surface area (Å²) in [6.07, 6.45) is 0.636. The van der Waals surface area contributed by atoms with Crippen LogP contribution in [0.25, 0.3) is 10.8 Å². The van der Waals surface area contributed by atoms with Gasteiger partial charge in [0.05, 0.1) is 11.8 Å². The summed E-state index contributed by atoms with van der Waals surface area (Å²) >= 11 is 1.72. The second kappa shape index (κ2) is 3.83. The molecule has 1 heterocycles. The van der Waals surface area contributed by atoms with E-state index in [1.54, 1.807) is 11.8 Å². The minimum absolute atomic E-state index is 0.151. The van der Waals surface area contributed by atoms with Crippen LogP contribution in [0, 0.1) is 0 Å². The van der Waals surface area contributed by atoms with Gasteiger partial charge in [-0.2, -0.15) is 0 Å². The molecule has 2 aromatic carbocycles. The summed E-state index contributed by atoms with van der Waals surface area (Å²) in [5.41, 5.74) is 0. The number of amides is 1. The lowest BCUT2D eigenvalue weighted by Gasteiger charge is -2.26. The van der Waals surface area contributed by atoms with Crippen molar-refractivity contribution in [3.05, 3.63) is 42.5 Å². The molecule has 1 fully saturated rings. The summed E-state index contributed by atoms with van der Waals surface area (Å²) in [5.74, 6) is 0.151. The third-order valence-corrected chi connectivity index (χ3v) is 3.79. The van der Waals surface area contributed by atoms with E-state index < -0.39 is 0 Å². The lowest BCUT2D eigenvalue weighted by Crippen LogP contribution is -2.46. The van der Waals surface area contributed by atoms with Crippen LogP contribution < -0.4 is 5.32 Å². The van der Waals surface area contributed by atoms with Gasteiger partial charge >= 0.3 is 0 Å². The Labute approximate surface area is 98.0 Å². The number of hydrogen-bond donors (Lipinski definition) is 1. The smallest absolute Gasteiger partial charge is 0.223 e. The fourth-order valence-corrected chi connectivity index (χ4v) is 2.90. The molecule has 3 heteroatoms. The van der Waals surface area contributed by atoms with Crippen LogP contribution in [0.3, 0.4) is 0 Å². The van der Waals surface area contributed by atoms with Gasteiger partial charge in [0.15, 0.2) is 0 Å². The van der Waals surface area contributed by atoms with Crippen LogP contribution >= 0.6 is 11.8 Å². The first-order valence-corrected chi connectivity index (χ1v) is 6.14. The first-order chi connectivity index (χ1) is 7.81.